The van der Waals surface area contributed by atoms with Crippen LogP contribution in [0.5, 0.6) is 0 Å². The first-order valence-corrected chi connectivity index (χ1v) is 10.7. The van der Waals surface area contributed by atoms with Crippen molar-refractivity contribution in [3.8, 4) is 0 Å². The molecule has 0 aliphatic carbocycles. The van der Waals surface area contributed by atoms with Crippen LogP contribution in [-0.2, 0) is 34.2 Å². The van der Waals surface area contributed by atoms with Crippen molar-refractivity contribution >= 4 is 27.3 Å². The lowest BCUT2D eigenvalue weighted by molar-refractivity contribution is -0.133. The zero-order valence-electron chi connectivity index (χ0n) is 14.4. The van der Waals surface area contributed by atoms with Gasteiger partial charge in [0.05, 0.1) is 6.04 Å². The van der Waals surface area contributed by atoms with Crippen LogP contribution in [0.3, 0.4) is 0 Å². The first kappa shape index (κ1) is 18.1. The van der Waals surface area contributed by atoms with Crippen LogP contribution in [0.2, 0.25) is 0 Å². The average molecular weight is 379 g/mol. The van der Waals surface area contributed by atoms with Gasteiger partial charge in [-0.05, 0) is 43.0 Å². The van der Waals surface area contributed by atoms with Crippen molar-refractivity contribution in [2.75, 3.05) is 6.54 Å². The number of thiophene rings is 1. The van der Waals surface area contributed by atoms with Gasteiger partial charge in [-0.1, -0.05) is 31.2 Å². The third-order valence-electron chi connectivity index (χ3n) is 4.39. The lowest BCUT2D eigenvalue weighted by Crippen LogP contribution is -2.48. The highest BCUT2D eigenvalue weighted by Gasteiger charge is 2.28. The normalized spacial score (nSPS) is 15.7. The molecule has 0 radical (unpaired) electrons. The summed E-state index contributed by atoms with van der Waals surface area (Å²) in [7, 11) is -3.67. The summed E-state index contributed by atoms with van der Waals surface area (Å²) in [6.07, 6.45) is 1.59. The molecule has 0 saturated heterocycles. The molecule has 0 unspecified atom stereocenters. The number of nitrogens with one attached hydrogen (secondary N) is 1. The minimum atomic E-state index is -3.67. The van der Waals surface area contributed by atoms with Crippen molar-refractivity contribution in [2.45, 2.75) is 43.5 Å². The number of carbonyl (C=O) groups excluding carboxylic acids is 1. The largest absolute Gasteiger partial charge is 0.337 e. The van der Waals surface area contributed by atoms with E-state index < -0.39 is 16.1 Å². The third-order valence-corrected chi connectivity index (χ3v) is 7.66. The Labute approximate surface area is 152 Å². The van der Waals surface area contributed by atoms with E-state index in [0.29, 0.717) is 13.1 Å². The summed E-state index contributed by atoms with van der Waals surface area (Å²) in [5.41, 5.74) is 2.38. The van der Waals surface area contributed by atoms with Crippen LogP contribution in [0.25, 0.3) is 0 Å². The maximum Gasteiger partial charge on any atom is 0.250 e. The summed E-state index contributed by atoms with van der Waals surface area (Å²) < 4.78 is 27.8. The van der Waals surface area contributed by atoms with E-state index in [1.165, 1.54) is 16.9 Å². The lowest BCUT2D eigenvalue weighted by atomic mass is 9.99. The van der Waals surface area contributed by atoms with Crippen LogP contribution in [0.15, 0.2) is 40.6 Å². The molecule has 3 rings (SSSR count). The number of sulfonamides is 1. The fourth-order valence-corrected chi connectivity index (χ4v) is 5.50. The number of aryl methyl sites for hydroxylation is 1. The van der Waals surface area contributed by atoms with E-state index >= 15 is 0 Å². The number of carbonyl (C=O) groups is 1. The molecule has 1 aromatic carbocycles. The molecule has 1 aliphatic rings. The van der Waals surface area contributed by atoms with Crippen LogP contribution in [0, 0.1) is 0 Å². The number of benzene rings is 1. The second-order valence-corrected chi connectivity index (χ2v) is 9.30. The minimum Gasteiger partial charge on any atom is -0.337 e. The predicted octanol–water partition coefficient (Wildman–Crippen LogP) is 2.56. The molecule has 1 amide bonds. The third kappa shape index (κ3) is 3.94. The monoisotopic (exact) mass is 378 g/mol. The Hall–Kier alpha value is -1.70. The van der Waals surface area contributed by atoms with Crippen molar-refractivity contribution in [2.24, 2.45) is 0 Å². The zero-order valence-corrected chi connectivity index (χ0v) is 16.0. The Morgan fingerprint density at radius 1 is 1.24 bits per heavy atom. The van der Waals surface area contributed by atoms with Crippen LogP contribution in [-0.4, -0.2) is 31.8 Å². The molecule has 0 bridgehead atoms. The Morgan fingerprint density at radius 2 is 1.96 bits per heavy atom. The summed E-state index contributed by atoms with van der Waals surface area (Å²) in [4.78, 5) is 15.4. The number of rotatable bonds is 5. The van der Waals surface area contributed by atoms with Crippen LogP contribution < -0.4 is 4.72 Å². The van der Waals surface area contributed by atoms with E-state index in [1.807, 2.05) is 31.2 Å². The minimum absolute atomic E-state index is 0.189. The van der Waals surface area contributed by atoms with Gasteiger partial charge in [-0.3, -0.25) is 4.79 Å². The molecule has 2 heterocycles. The van der Waals surface area contributed by atoms with Gasteiger partial charge in [0, 0.05) is 18.0 Å². The summed E-state index contributed by atoms with van der Waals surface area (Å²) in [5.74, 6) is -0.189. The molecule has 1 aliphatic heterocycles. The first-order valence-electron chi connectivity index (χ1n) is 8.37. The number of hydrogen-bond donors (Lipinski definition) is 1. The molecule has 25 heavy (non-hydrogen) atoms. The van der Waals surface area contributed by atoms with E-state index in [4.69, 9.17) is 0 Å². The van der Waals surface area contributed by atoms with Crippen molar-refractivity contribution in [3.05, 3.63) is 52.4 Å². The summed E-state index contributed by atoms with van der Waals surface area (Å²) in [5, 5.41) is 0. The van der Waals surface area contributed by atoms with Crippen molar-refractivity contribution < 1.29 is 13.2 Å². The molecular weight excluding hydrogens is 356 g/mol. The summed E-state index contributed by atoms with van der Waals surface area (Å²) in [6.45, 7) is 4.73. The Balaban J connectivity index is 1.69. The molecule has 0 spiro atoms. The number of nitrogens with zero attached hydrogens (tertiary/aromatic N) is 1. The van der Waals surface area contributed by atoms with Crippen LogP contribution in [0.1, 0.15) is 29.9 Å². The van der Waals surface area contributed by atoms with E-state index in [2.05, 4.69) is 10.8 Å². The Kier molecular flexibility index (Phi) is 5.27. The molecule has 1 atom stereocenters. The highest BCUT2D eigenvalue weighted by Crippen LogP contribution is 2.23. The van der Waals surface area contributed by atoms with Gasteiger partial charge in [-0.25, -0.2) is 8.42 Å². The van der Waals surface area contributed by atoms with E-state index in [1.54, 1.807) is 17.9 Å². The van der Waals surface area contributed by atoms with Crippen molar-refractivity contribution in [1.29, 1.82) is 0 Å². The molecule has 5 nitrogen and oxygen atoms in total. The summed E-state index contributed by atoms with van der Waals surface area (Å²) >= 11 is 1.24. The fraction of sp³-hybridized carbons (Fsp3) is 0.389. The molecule has 0 fully saturated rings. The van der Waals surface area contributed by atoms with Gasteiger partial charge in [-0.15, -0.1) is 11.3 Å². The second-order valence-electron chi connectivity index (χ2n) is 6.20. The van der Waals surface area contributed by atoms with Crippen LogP contribution in [0.4, 0.5) is 0 Å². The topological polar surface area (TPSA) is 66.5 Å². The summed E-state index contributed by atoms with van der Waals surface area (Å²) in [6, 6.07) is 10.7. The predicted molar refractivity (Wildman–Crippen MR) is 99.0 cm³/mol. The highest BCUT2D eigenvalue weighted by molar-refractivity contribution is 7.91. The number of fused-ring (bicyclic) bond motifs is 1. The number of amides is 1. The fourth-order valence-electron chi connectivity index (χ4n) is 2.99. The average Bonchev–Trinajstić information content (AvgIpc) is 3.10. The first-order chi connectivity index (χ1) is 11.9. The van der Waals surface area contributed by atoms with Gasteiger partial charge in [0.1, 0.15) is 4.21 Å². The van der Waals surface area contributed by atoms with Crippen molar-refractivity contribution in [1.82, 2.24) is 9.62 Å². The standard InChI is InChI=1S/C18H22N2O3S2/c1-3-16-8-9-17(24-16)25(22,23)19-13(2)18(21)20-11-10-14-6-4-5-7-15(14)12-20/h4-9,13,19H,3,10-12H2,1-2H3/t13-/m0/s1. The van der Waals surface area contributed by atoms with E-state index in [0.717, 1.165) is 23.3 Å². The van der Waals surface area contributed by atoms with Gasteiger partial charge in [0.25, 0.3) is 10.0 Å². The van der Waals surface area contributed by atoms with Gasteiger partial charge >= 0.3 is 0 Å². The maximum absolute atomic E-state index is 12.7. The quantitative estimate of drug-likeness (QED) is 0.870. The van der Waals surface area contributed by atoms with E-state index in [-0.39, 0.29) is 10.1 Å². The van der Waals surface area contributed by atoms with Gasteiger partial charge in [0.2, 0.25) is 5.91 Å². The zero-order chi connectivity index (χ0) is 18.0. The van der Waals surface area contributed by atoms with Gasteiger partial charge in [0.15, 0.2) is 0 Å². The van der Waals surface area contributed by atoms with Gasteiger partial charge < -0.3 is 4.90 Å². The molecular formula is C18H22N2O3S2. The molecule has 1 aromatic heterocycles. The molecule has 0 saturated carbocycles. The van der Waals surface area contributed by atoms with Crippen molar-refractivity contribution in [3.63, 3.8) is 0 Å². The smallest absolute Gasteiger partial charge is 0.250 e. The van der Waals surface area contributed by atoms with Gasteiger partial charge in [-0.2, -0.15) is 4.72 Å². The lowest BCUT2D eigenvalue weighted by Gasteiger charge is -2.31. The molecule has 2 aromatic rings. The Bertz CT molecular complexity index is 874. The maximum atomic E-state index is 12.7. The SMILES string of the molecule is CCc1ccc(S(=O)(=O)N[C@@H](C)C(=O)N2CCc3ccccc3C2)s1. The van der Waals surface area contributed by atoms with Crippen LogP contribution >= 0.6 is 11.3 Å². The molecule has 7 heteroatoms. The molecule has 1 N–H and O–H groups in total. The Morgan fingerprint density at radius 3 is 2.64 bits per heavy atom. The number of hydrogen-bond acceptors (Lipinski definition) is 4. The van der Waals surface area contributed by atoms with E-state index in [9.17, 15) is 13.2 Å². The highest BCUT2D eigenvalue weighted by atomic mass is 32.2. The second kappa shape index (κ2) is 7.27. The molecule has 134 valence electrons.